The molecule has 0 atom stereocenters. The van der Waals surface area contributed by atoms with Gasteiger partial charge in [0.15, 0.2) is 5.13 Å². The van der Waals surface area contributed by atoms with E-state index in [1.165, 1.54) is 0 Å². The fourth-order valence-corrected chi connectivity index (χ4v) is 2.89. The van der Waals surface area contributed by atoms with Crippen molar-refractivity contribution in [1.82, 2.24) is 9.88 Å². The number of anilines is 1. The van der Waals surface area contributed by atoms with Crippen molar-refractivity contribution in [3.63, 3.8) is 0 Å². The van der Waals surface area contributed by atoms with Crippen LogP contribution >= 0.6 is 11.3 Å². The van der Waals surface area contributed by atoms with Crippen molar-refractivity contribution >= 4 is 22.4 Å². The molecule has 0 aliphatic carbocycles. The molecule has 0 unspecified atom stereocenters. The maximum absolute atomic E-state index is 12.5. The molecule has 112 valence electrons. The zero-order valence-electron chi connectivity index (χ0n) is 10.6. The molecule has 1 aromatic heterocycles. The average molecular weight is 309 g/mol. The van der Waals surface area contributed by atoms with E-state index in [4.69, 9.17) is 5.11 Å². The van der Waals surface area contributed by atoms with Crippen LogP contribution in [0, 0.1) is 0 Å². The van der Waals surface area contributed by atoms with Gasteiger partial charge in [0, 0.05) is 26.2 Å². The zero-order chi connectivity index (χ0) is 14.8. The van der Waals surface area contributed by atoms with Gasteiger partial charge in [0.2, 0.25) is 0 Å². The van der Waals surface area contributed by atoms with Gasteiger partial charge in [-0.05, 0) is 6.42 Å². The first-order chi connectivity index (χ1) is 9.36. The minimum atomic E-state index is -4.36. The van der Waals surface area contributed by atoms with Gasteiger partial charge in [-0.25, -0.2) is 4.98 Å². The number of hydrogen-bond donors (Lipinski definition) is 1. The Morgan fingerprint density at radius 3 is 2.70 bits per heavy atom. The lowest BCUT2D eigenvalue weighted by Crippen LogP contribution is -2.34. The molecule has 2 heterocycles. The Hall–Kier alpha value is -1.35. The second-order valence-electron chi connectivity index (χ2n) is 4.52. The molecule has 1 N–H and O–H groups in total. The van der Waals surface area contributed by atoms with Crippen molar-refractivity contribution < 1.29 is 23.1 Å². The fraction of sp³-hybridized carbons (Fsp3) is 0.636. The number of alkyl halides is 3. The number of hydrogen-bond acceptors (Lipinski definition) is 5. The molecule has 1 saturated heterocycles. The minimum Gasteiger partial charge on any atom is -0.480 e. The van der Waals surface area contributed by atoms with E-state index in [-0.39, 0.29) is 6.54 Å². The molecule has 0 saturated carbocycles. The SMILES string of the molecule is O=C(O)CN1CCCN(c2ncc(C(F)(F)F)s2)CC1. The first-order valence-electron chi connectivity index (χ1n) is 6.08. The molecule has 0 amide bonds. The Morgan fingerprint density at radius 1 is 1.35 bits per heavy atom. The van der Waals surface area contributed by atoms with Gasteiger partial charge in [-0.15, -0.1) is 0 Å². The third-order valence-electron chi connectivity index (χ3n) is 2.99. The quantitative estimate of drug-likeness (QED) is 0.922. The van der Waals surface area contributed by atoms with Crippen molar-refractivity contribution in [3.8, 4) is 0 Å². The second kappa shape index (κ2) is 5.96. The van der Waals surface area contributed by atoms with Gasteiger partial charge in [0.05, 0.1) is 12.7 Å². The van der Waals surface area contributed by atoms with E-state index in [9.17, 15) is 18.0 Å². The Morgan fingerprint density at radius 2 is 2.10 bits per heavy atom. The Labute approximate surface area is 117 Å². The smallest absolute Gasteiger partial charge is 0.427 e. The summed E-state index contributed by atoms with van der Waals surface area (Å²) >= 11 is 0.626. The summed E-state index contributed by atoms with van der Waals surface area (Å²) in [6.45, 7) is 2.16. The zero-order valence-corrected chi connectivity index (χ0v) is 11.4. The van der Waals surface area contributed by atoms with Gasteiger partial charge in [-0.2, -0.15) is 13.2 Å². The largest absolute Gasteiger partial charge is 0.480 e. The number of nitrogens with zero attached hydrogens (tertiary/aromatic N) is 3. The Kier molecular flexibility index (Phi) is 4.48. The van der Waals surface area contributed by atoms with E-state index < -0.39 is 17.0 Å². The van der Waals surface area contributed by atoms with Crippen LogP contribution in [0.15, 0.2) is 6.20 Å². The molecule has 2 rings (SSSR count). The summed E-state index contributed by atoms with van der Waals surface area (Å²) in [7, 11) is 0. The highest BCUT2D eigenvalue weighted by molar-refractivity contribution is 7.15. The summed E-state index contributed by atoms with van der Waals surface area (Å²) in [5.41, 5.74) is 0. The van der Waals surface area contributed by atoms with Crippen LogP contribution in [0.5, 0.6) is 0 Å². The monoisotopic (exact) mass is 309 g/mol. The summed E-state index contributed by atoms with van der Waals surface area (Å²) in [6, 6.07) is 0. The van der Waals surface area contributed by atoms with Gasteiger partial charge in [0.1, 0.15) is 4.88 Å². The van der Waals surface area contributed by atoms with Gasteiger partial charge in [-0.3, -0.25) is 9.69 Å². The van der Waals surface area contributed by atoms with Crippen LogP contribution in [0.2, 0.25) is 0 Å². The number of aliphatic carboxylic acids is 1. The van der Waals surface area contributed by atoms with Crippen LogP contribution in [0.1, 0.15) is 11.3 Å². The number of carboxylic acids is 1. The van der Waals surface area contributed by atoms with E-state index in [0.717, 1.165) is 6.20 Å². The lowest BCUT2D eigenvalue weighted by atomic mass is 10.4. The predicted octanol–water partition coefficient (Wildman–Crippen LogP) is 1.76. The van der Waals surface area contributed by atoms with Crippen LogP contribution < -0.4 is 4.90 Å². The van der Waals surface area contributed by atoms with Gasteiger partial charge in [-0.1, -0.05) is 11.3 Å². The average Bonchev–Trinajstić information content (AvgIpc) is 2.72. The summed E-state index contributed by atoms with van der Waals surface area (Å²) in [4.78, 5) is 17.3. The van der Waals surface area contributed by atoms with Crippen molar-refractivity contribution in [1.29, 1.82) is 0 Å². The van der Waals surface area contributed by atoms with Crippen LogP contribution in [0.25, 0.3) is 0 Å². The number of thiazole rings is 1. The molecule has 0 aromatic carbocycles. The summed E-state index contributed by atoms with van der Waals surface area (Å²) < 4.78 is 37.6. The molecule has 0 bridgehead atoms. The predicted molar refractivity (Wildman–Crippen MR) is 68.0 cm³/mol. The molecule has 1 aliphatic heterocycles. The molecule has 5 nitrogen and oxygen atoms in total. The number of carboxylic acid groups (broad SMARTS) is 1. The topological polar surface area (TPSA) is 56.7 Å². The van der Waals surface area contributed by atoms with Gasteiger partial charge in [0.25, 0.3) is 0 Å². The first-order valence-corrected chi connectivity index (χ1v) is 6.90. The number of aromatic nitrogens is 1. The lowest BCUT2D eigenvalue weighted by Gasteiger charge is -2.20. The molecular weight excluding hydrogens is 295 g/mol. The van der Waals surface area contributed by atoms with Crippen molar-refractivity contribution in [2.75, 3.05) is 37.6 Å². The third kappa shape index (κ3) is 3.83. The van der Waals surface area contributed by atoms with Gasteiger partial charge < -0.3 is 10.0 Å². The molecule has 1 fully saturated rings. The number of rotatable bonds is 3. The molecule has 1 aromatic rings. The molecule has 1 aliphatic rings. The highest BCUT2D eigenvalue weighted by Crippen LogP contribution is 2.36. The minimum absolute atomic E-state index is 0.0422. The Balaban J connectivity index is 2.00. The highest BCUT2D eigenvalue weighted by Gasteiger charge is 2.34. The van der Waals surface area contributed by atoms with Crippen LogP contribution in [-0.2, 0) is 11.0 Å². The summed E-state index contributed by atoms with van der Waals surface area (Å²) in [6.07, 6.45) is -2.81. The van der Waals surface area contributed by atoms with Gasteiger partial charge >= 0.3 is 12.1 Å². The molecule has 20 heavy (non-hydrogen) atoms. The van der Waals surface area contributed by atoms with E-state index in [2.05, 4.69) is 4.98 Å². The number of carbonyl (C=O) groups is 1. The molecular formula is C11H14F3N3O2S. The van der Waals surface area contributed by atoms with Crippen LogP contribution in [0.3, 0.4) is 0 Å². The highest BCUT2D eigenvalue weighted by atomic mass is 32.1. The summed E-state index contributed by atoms with van der Waals surface area (Å²) in [5.74, 6) is -0.896. The Bertz CT molecular complexity index is 478. The van der Waals surface area contributed by atoms with Crippen molar-refractivity contribution in [3.05, 3.63) is 11.1 Å². The first kappa shape index (κ1) is 15.0. The van der Waals surface area contributed by atoms with Crippen molar-refractivity contribution in [2.24, 2.45) is 0 Å². The maximum atomic E-state index is 12.5. The van der Waals surface area contributed by atoms with E-state index >= 15 is 0 Å². The van der Waals surface area contributed by atoms with Crippen LogP contribution in [-0.4, -0.2) is 53.7 Å². The lowest BCUT2D eigenvalue weighted by molar-refractivity contribution is -0.138. The van der Waals surface area contributed by atoms with Crippen LogP contribution in [0.4, 0.5) is 18.3 Å². The summed E-state index contributed by atoms with van der Waals surface area (Å²) in [5, 5.41) is 9.08. The molecule has 0 radical (unpaired) electrons. The van der Waals surface area contributed by atoms with E-state index in [1.54, 1.807) is 9.80 Å². The van der Waals surface area contributed by atoms with E-state index in [1.807, 2.05) is 0 Å². The number of halogens is 3. The van der Waals surface area contributed by atoms with Crippen molar-refractivity contribution in [2.45, 2.75) is 12.6 Å². The molecule has 9 heteroatoms. The maximum Gasteiger partial charge on any atom is 0.427 e. The normalized spacial score (nSPS) is 18.1. The second-order valence-corrected chi connectivity index (χ2v) is 5.52. The van der Waals surface area contributed by atoms with E-state index in [0.29, 0.717) is 49.1 Å². The third-order valence-corrected chi connectivity index (χ3v) is 4.09. The molecule has 0 spiro atoms. The fourth-order valence-electron chi connectivity index (χ4n) is 2.05. The standard InChI is InChI=1S/C11H14F3N3O2S/c12-11(13,14)8-6-15-10(20-8)17-3-1-2-16(4-5-17)7-9(18)19/h6H,1-5,7H2,(H,18,19).